The van der Waals surface area contributed by atoms with Crippen LogP contribution in [0, 0.1) is 0 Å². The number of rotatable bonds is 8. The molecule has 0 atom stereocenters. The number of carbonyl (C=O) groups is 1. The molecular formula is C24H24N4O5. The molecule has 4 rings (SSSR count). The Morgan fingerprint density at radius 2 is 1.67 bits per heavy atom. The minimum atomic E-state index is -0.298. The summed E-state index contributed by atoms with van der Waals surface area (Å²) in [7, 11) is 6.20. The Hall–Kier alpha value is -4.27. The zero-order chi connectivity index (χ0) is 23.4. The maximum Gasteiger partial charge on any atom is 0.255 e. The quantitative estimate of drug-likeness (QED) is 0.438. The van der Waals surface area contributed by atoms with E-state index in [4.69, 9.17) is 18.9 Å². The monoisotopic (exact) mass is 448 g/mol. The van der Waals surface area contributed by atoms with Crippen LogP contribution in [0.2, 0.25) is 0 Å². The van der Waals surface area contributed by atoms with E-state index in [1.54, 1.807) is 36.1 Å². The first-order valence-corrected chi connectivity index (χ1v) is 10.1. The van der Waals surface area contributed by atoms with E-state index in [0.717, 1.165) is 16.8 Å². The van der Waals surface area contributed by atoms with Crippen molar-refractivity contribution >= 4 is 22.6 Å². The van der Waals surface area contributed by atoms with E-state index in [1.807, 2.05) is 30.3 Å². The number of amides is 1. The van der Waals surface area contributed by atoms with Crippen molar-refractivity contribution in [2.45, 2.75) is 6.54 Å². The third-order valence-electron chi connectivity index (χ3n) is 5.17. The number of carbonyl (C=O) groups excluding carboxylic acids is 1. The highest BCUT2D eigenvalue weighted by Crippen LogP contribution is 2.40. The first-order chi connectivity index (χ1) is 16.1. The Balaban J connectivity index is 1.56. The van der Waals surface area contributed by atoms with Gasteiger partial charge < -0.3 is 24.3 Å². The van der Waals surface area contributed by atoms with E-state index in [9.17, 15) is 4.79 Å². The van der Waals surface area contributed by atoms with Crippen molar-refractivity contribution < 1.29 is 23.7 Å². The lowest BCUT2D eigenvalue weighted by atomic mass is 10.1. The van der Waals surface area contributed by atoms with Crippen molar-refractivity contribution in [3.63, 3.8) is 0 Å². The van der Waals surface area contributed by atoms with Crippen LogP contribution in [0.1, 0.15) is 15.9 Å². The van der Waals surface area contributed by atoms with E-state index in [-0.39, 0.29) is 5.91 Å². The zero-order valence-electron chi connectivity index (χ0n) is 18.8. The minimum Gasteiger partial charge on any atom is -0.497 e. The molecule has 1 N–H and O–H groups in total. The molecule has 0 bridgehead atoms. The molecule has 1 amide bonds. The fourth-order valence-electron chi connectivity index (χ4n) is 3.53. The van der Waals surface area contributed by atoms with Crippen LogP contribution in [0.3, 0.4) is 0 Å². The highest BCUT2D eigenvalue weighted by molar-refractivity contribution is 6.06. The summed E-state index contributed by atoms with van der Waals surface area (Å²) < 4.78 is 23.1. The lowest BCUT2D eigenvalue weighted by Crippen LogP contribution is -2.12. The van der Waals surface area contributed by atoms with Gasteiger partial charge in [-0.05, 0) is 35.9 Å². The Morgan fingerprint density at radius 3 is 2.33 bits per heavy atom. The van der Waals surface area contributed by atoms with Crippen LogP contribution in [0.15, 0.2) is 54.6 Å². The van der Waals surface area contributed by atoms with Gasteiger partial charge in [-0.1, -0.05) is 17.3 Å². The molecule has 0 spiro atoms. The van der Waals surface area contributed by atoms with Crippen molar-refractivity contribution in [3.05, 3.63) is 65.7 Å². The molecule has 1 aromatic heterocycles. The Labute approximate surface area is 190 Å². The maximum absolute atomic E-state index is 12.9. The summed E-state index contributed by atoms with van der Waals surface area (Å²) in [5, 5.41) is 11.3. The summed E-state index contributed by atoms with van der Waals surface area (Å²) in [6.45, 7) is 0.532. The molecule has 0 aliphatic carbocycles. The summed E-state index contributed by atoms with van der Waals surface area (Å²) in [4.78, 5) is 12.9. The van der Waals surface area contributed by atoms with Crippen LogP contribution in [-0.2, 0) is 6.54 Å². The lowest BCUT2D eigenvalue weighted by molar-refractivity contribution is 0.102. The van der Waals surface area contributed by atoms with Gasteiger partial charge in [-0.15, -0.1) is 5.10 Å². The van der Waals surface area contributed by atoms with Crippen LogP contribution in [0.25, 0.3) is 11.0 Å². The number of benzene rings is 3. The number of fused-ring (bicyclic) bond motifs is 1. The molecule has 1 heterocycles. The van der Waals surface area contributed by atoms with Crippen molar-refractivity contribution in [2.24, 2.45) is 0 Å². The second-order valence-corrected chi connectivity index (χ2v) is 7.17. The first kappa shape index (κ1) is 21.9. The van der Waals surface area contributed by atoms with E-state index in [2.05, 4.69) is 15.6 Å². The van der Waals surface area contributed by atoms with E-state index >= 15 is 0 Å². The van der Waals surface area contributed by atoms with Gasteiger partial charge in [-0.3, -0.25) is 4.79 Å². The van der Waals surface area contributed by atoms with Gasteiger partial charge >= 0.3 is 0 Å². The van der Waals surface area contributed by atoms with Gasteiger partial charge in [0.15, 0.2) is 11.5 Å². The van der Waals surface area contributed by atoms with E-state index in [0.29, 0.717) is 40.6 Å². The first-order valence-electron chi connectivity index (χ1n) is 10.1. The highest BCUT2D eigenvalue weighted by Gasteiger charge is 2.16. The summed E-state index contributed by atoms with van der Waals surface area (Å²) in [6.07, 6.45) is 0. The third-order valence-corrected chi connectivity index (χ3v) is 5.17. The molecule has 0 saturated carbocycles. The van der Waals surface area contributed by atoms with Crippen molar-refractivity contribution in [3.8, 4) is 23.0 Å². The Kier molecular flexibility index (Phi) is 6.30. The van der Waals surface area contributed by atoms with Crippen LogP contribution in [-0.4, -0.2) is 49.3 Å². The predicted molar refractivity (Wildman–Crippen MR) is 124 cm³/mol. The fraction of sp³-hybridized carbons (Fsp3) is 0.208. The molecule has 0 aliphatic rings. The van der Waals surface area contributed by atoms with Gasteiger partial charge in [0.2, 0.25) is 5.75 Å². The second kappa shape index (κ2) is 9.47. The maximum atomic E-state index is 12.9. The molecule has 0 aliphatic heterocycles. The normalized spacial score (nSPS) is 10.7. The summed E-state index contributed by atoms with van der Waals surface area (Å²) in [6, 6.07) is 16.4. The molecular weight excluding hydrogens is 424 g/mol. The molecule has 33 heavy (non-hydrogen) atoms. The van der Waals surface area contributed by atoms with Gasteiger partial charge in [-0.2, -0.15) is 0 Å². The second-order valence-electron chi connectivity index (χ2n) is 7.17. The highest BCUT2D eigenvalue weighted by atomic mass is 16.5. The van der Waals surface area contributed by atoms with Crippen molar-refractivity contribution in [2.75, 3.05) is 33.8 Å². The van der Waals surface area contributed by atoms with Gasteiger partial charge in [0, 0.05) is 23.4 Å². The van der Waals surface area contributed by atoms with Gasteiger partial charge in [-0.25, -0.2) is 4.68 Å². The summed E-state index contributed by atoms with van der Waals surface area (Å²) >= 11 is 0. The topological polar surface area (TPSA) is 96.7 Å². The third kappa shape index (κ3) is 4.52. The van der Waals surface area contributed by atoms with Crippen LogP contribution < -0.4 is 24.3 Å². The van der Waals surface area contributed by atoms with Crippen LogP contribution in [0.4, 0.5) is 5.69 Å². The average Bonchev–Trinajstić information content (AvgIpc) is 3.25. The average molecular weight is 448 g/mol. The fourth-order valence-corrected chi connectivity index (χ4v) is 3.53. The van der Waals surface area contributed by atoms with E-state index < -0.39 is 0 Å². The number of ether oxygens (including phenoxy) is 4. The number of nitrogens with zero attached hydrogens (tertiary/aromatic N) is 3. The molecule has 0 radical (unpaired) electrons. The van der Waals surface area contributed by atoms with E-state index in [1.165, 1.54) is 21.3 Å². The molecule has 0 fully saturated rings. The van der Waals surface area contributed by atoms with Crippen molar-refractivity contribution in [1.29, 1.82) is 0 Å². The van der Waals surface area contributed by atoms with Gasteiger partial charge in [0.05, 0.1) is 40.5 Å². The largest absolute Gasteiger partial charge is 0.497 e. The molecule has 0 saturated heterocycles. The molecule has 9 nitrogen and oxygen atoms in total. The molecule has 170 valence electrons. The van der Waals surface area contributed by atoms with Gasteiger partial charge in [0.1, 0.15) is 11.3 Å². The molecule has 3 aromatic carbocycles. The smallest absolute Gasteiger partial charge is 0.255 e. The Morgan fingerprint density at radius 1 is 0.909 bits per heavy atom. The number of hydrogen-bond acceptors (Lipinski definition) is 7. The number of aromatic nitrogens is 3. The molecule has 4 aromatic rings. The summed E-state index contributed by atoms with van der Waals surface area (Å²) in [5.74, 6) is 1.83. The van der Waals surface area contributed by atoms with Crippen molar-refractivity contribution in [1.82, 2.24) is 15.0 Å². The van der Waals surface area contributed by atoms with Crippen LogP contribution >= 0.6 is 0 Å². The lowest BCUT2D eigenvalue weighted by Gasteiger charge is -2.14. The molecule has 0 unspecified atom stereocenters. The SMILES string of the molecule is COc1cccc(Cn2nnc3cc(C(=O)Nc4cc(OC)c(OC)c(OC)c4)ccc32)c1. The standard InChI is InChI=1S/C24H24N4O5/c1-30-18-7-5-6-15(10-18)14-28-20-9-8-16(11-19(20)26-27-28)24(29)25-17-12-21(31-2)23(33-4)22(13-17)32-3/h5-13H,14H2,1-4H3,(H,25,29). The zero-order valence-corrected chi connectivity index (χ0v) is 18.8. The number of nitrogens with one attached hydrogen (secondary N) is 1. The number of anilines is 1. The minimum absolute atomic E-state index is 0.298. The Bertz CT molecular complexity index is 1280. The number of methoxy groups -OCH3 is 4. The van der Waals surface area contributed by atoms with Gasteiger partial charge in [0.25, 0.3) is 5.91 Å². The molecule has 9 heteroatoms. The number of hydrogen-bond donors (Lipinski definition) is 1. The predicted octanol–water partition coefficient (Wildman–Crippen LogP) is 3.77. The van der Waals surface area contributed by atoms with Crippen LogP contribution in [0.5, 0.6) is 23.0 Å². The summed E-state index contributed by atoms with van der Waals surface area (Å²) in [5.41, 5.74) is 3.43.